The Morgan fingerprint density at radius 2 is 1.90 bits per heavy atom. The lowest BCUT2D eigenvalue weighted by Crippen LogP contribution is -2.45. The molecule has 0 atom stereocenters. The summed E-state index contributed by atoms with van der Waals surface area (Å²) in [6.07, 6.45) is 4.03. The van der Waals surface area contributed by atoms with E-state index in [1.807, 2.05) is 7.05 Å². The largest absolute Gasteiger partial charge is 0.317 e. The lowest BCUT2D eigenvalue weighted by atomic mass is 10.2. The van der Waals surface area contributed by atoms with Crippen molar-refractivity contribution < 1.29 is 0 Å². The highest BCUT2D eigenvalue weighted by molar-refractivity contribution is 4.60. The second-order valence-electron chi connectivity index (χ2n) is 2.85. The van der Waals surface area contributed by atoms with Crippen LogP contribution >= 0.6 is 0 Å². The molecule has 0 saturated carbocycles. The van der Waals surface area contributed by atoms with Crippen LogP contribution in [0.15, 0.2) is 0 Å². The van der Waals surface area contributed by atoms with E-state index in [9.17, 15) is 0 Å². The molecule has 0 radical (unpaired) electrons. The number of nitrogens with two attached hydrogens (primary N) is 1. The molecule has 3 nitrogen and oxygen atoms in total. The van der Waals surface area contributed by atoms with Crippen LogP contribution < -0.4 is 5.73 Å². The molecule has 1 aliphatic heterocycles. The number of hydrogen-bond acceptors (Lipinski definition) is 3. The molecule has 0 unspecified atom stereocenters. The van der Waals surface area contributed by atoms with Gasteiger partial charge in [0.25, 0.3) is 0 Å². The Bertz CT molecular complexity index is 88.9. The van der Waals surface area contributed by atoms with Crippen molar-refractivity contribution in [1.82, 2.24) is 10.0 Å². The summed E-state index contributed by atoms with van der Waals surface area (Å²) in [7, 11) is 2.05. The maximum atomic E-state index is 5.49. The maximum Gasteiger partial charge on any atom is 0.0595 e. The van der Waals surface area contributed by atoms with Crippen molar-refractivity contribution in [3.05, 3.63) is 0 Å². The van der Waals surface area contributed by atoms with Crippen molar-refractivity contribution in [1.29, 1.82) is 0 Å². The molecular formula is C7H17N3. The van der Waals surface area contributed by atoms with Crippen molar-refractivity contribution in [2.24, 2.45) is 5.73 Å². The fourth-order valence-electron chi connectivity index (χ4n) is 1.33. The highest BCUT2D eigenvalue weighted by atomic mass is 15.6. The zero-order chi connectivity index (χ0) is 7.40. The van der Waals surface area contributed by atoms with Crippen LogP contribution in [-0.4, -0.2) is 36.8 Å². The summed E-state index contributed by atoms with van der Waals surface area (Å²) in [6.45, 7) is 3.02. The molecule has 1 saturated heterocycles. The number of hydrazine groups is 1. The molecule has 3 heteroatoms. The van der Waals surface area contributed by atoms with E-state index >= 15 is 0 Å². The van der Waals surface area contributed by atoms with Gasteiger partial charge in [0.1, 0.15) is 0 Å². The number of rotatable bonds is 2. The van der Waals surface area contributed by atoms with Gasteiger partial charge in [0, 0.05) is 20.1 Å². The molecular weight excluding hydrogens is 126 g/mol. The van der Waals surface area contributed by atoms with E-state index in [1.54, 1.807) is 0 Å². The second-order valence-corrected chi connectivity index (χ2v) is 2.85. The van der Waals surface area contributed by atoms with Crippen LogP contribution in [-0.2, 0) is 0 Å². The average Bonchev–Trinajstić information content (AvgIpc) is 2.05. The third-order valence-corrected chi connectivity index (χ3v) is 2.08. The summed E-state index contributed by atoms with van der Waals surface area (Å²) in [4.78, 5) is 0. The zero-order valence-electron chi connectivity index (χ0n) is 6.71. The quantitative estimate of drug-likeness (QED) is 0.562. The molecule has 0 spiro atoms. The summed E-state index contributed by atoms with van der Waals surface area (Å²) in [6, 6.07) is 0. The third kappa shape index (κ3) is 1.94. The summed E-state index contributed by atoms with van der Waals surface area (Å²) < 4.78 is 0. The minimum absolute atomic E-state index is 0.639. The van der Waals surface area contributed by atoms with Gasteiger partial charge >= 0.3 is 0 Å². The van der Waals surface area contributed by atoms with E-state index in [4.69, 9.17) is 5.73 Å². The van der Waals surface area contributed by atoms with Gasteiger partial charge in [-0.25, -0.2) is 10.0 Å². The van der Waals surface area contributed by atoms with Crippen molar-refractivity contribution in [3.63, 3.8) is 0 Å². The molecule has 0 aliphatic carbocycles. The number of nitrogens with zero attached hydrogens (tertiary/aromatic N) is 2. The van der Waals surface area contributed by atoms with Crippen LogP contribution in [0, 0.1) is 0 Å². The molecule has 2 N–H and O–H groups in total. The van der Waals surface area contributed by atoms with Gasteiger partial charge in [-0.05, 0) is 12.8 Å². The highest BCUT2D eigenvalue weighted by Gasteiger charge is 2.12. The van der Waals surface area contributed by atoms with E-state index < -0.39 is 0 Å². The normalized spacial score (nSPS) is 21.9. The fraction of sp³-hybridized carbons (Fsp3) is 1.00. The molecule has 0 aromatic rings. The van der Waals surface area contributed by atoms with Crippen molar-refractivity contribution >= 4 is 0 Å². The number of piperidine rings is 1. The predicted octanol–water partition coefficient (Wildman–Crippen LogP) is 0.235. The summed E-state index contributed by atoms with van der Waals surface area (Å²) >= 11 is 0. The van der Waals surface area contributed by atoms with Crippen LogP contribution in [0.25, 0.3) is 0 Å². The molecule has 1 rings (SSSR count). The van der Waals surface area contributed by atoms with Crippen LogP contribution in [0.5, 0.6) is 0 Å². The topological polar surface area (TPSA) is 32.5 Å². The fourth-order valence-corrected chi connectivity index (χ4v) is 1.33. The molecule has 10 heavy (non-hydrogen) atoms. The molecule has 1 fully saturated rings. The Balaban J connectivity index is 2.24. The Labute approximate surface area is 62.8 Å². The Hall–Kier alpha value is -0.120. The molecule has 0 amide bonds. The molecule has 0 bridgehead atoms. The van der Waals surface area contributed by atoms with Gasteiger partial charge in [0.15, 0.2) is 0 Å². The first-order valence-corrected chi connectivity index (χ1v) is 4.00. The molecule has 0 aromatic heterocycles. The Morgan fingerprint density at radius 1 is 1.30 bits per heavy atom. The van der Waals surface area contributed by atoms with E-state index in [0.29, 0.717) is 6.67 Å². The predicted molar refractivity (Wildman–Crippen MR) is 42.2 cm³/mol. The van der Waals surface area contributed by atoms with Crippen molar-refractivity contribution in [2.45, 2.75) is 19.3 Å². The molecule has 1 heterocycles. The summed E-state index contributed by atoms with van der Waals surface area (Å²) in [5.41, 5.74) is 5.49. The third-order valence-electron chi connectivity index (χ3n) is 2.08. The van der Waals surface area contributed by atoms with E-state index in [1.165, 1.54) is 32.4 Å². The zero-order valence-corrected chi connectivity index (χ0v) is 6.71. The van der Waals surface area contributed by atoms with Gasteiger partial charge in [-0.2, -0.15) is 0 Å². The lowest BCUT2D eigenvalue weighted by Gasteiger charge is -2.33. The first-order valence-electron chi connectivity index (χ1n) is 4.00. The van der Waals surface area contributed by atoms with Crippen LogP contribution in [0.2, 0.25) is 0 Å². The Kier molecular flexibility index (Phi) is 3.12. The average molecular weight is 143 g/mol. The van der Waals surface area contributed by atoms with Crippen molar-refractivity contribution in [2.75, 3.05) is 26.8 Å². The molecule has 60 valence electrons. The van der Waals surface area contributed by atoms with Gasteiger partial charge < -0.3 is 5.73 Å². The lowest BCUT2D eigenvalue weighted by molar-refractivity contribution is -0.0141. The minimum Gasteiger partial charge on any atom is -0.317 e. The van der Waals surface area contributed by atoms with E-state index in [2.05, 4.69) is 10.0 Å². The minimum atomic E-state index is 0.639. The monoisotopic (exact) mass is 143 g/mol. The highest BCUT2D eigenvalue weighted by Crippen LogP contribution is 2.08. The van der Waals surface area contributed by atoms with Gasteiger partial charge in [0.05, 0.1) is 6.67 Å². The van der Waals surface area contributed by atoms with E-state index in [-0.39, 0.29) is 0 Å². The van der Waals surface area contributed by atoms with Gasteiger partial charge in [-0.1, -0.05) is 6.42 Å². The second kappa shape index (κ2) is 3.91. The molecule has 1 aliphatic rings. The van der Waals surface area contributed by atoms with Crippen LogP contribution in [0.4, 0.5) is 0 Å². The summed E-state index contributed by atoms with van der Waals surface area (Å²) in [5, 5.41) is 4.42. The maximum absolute atomic E-state index is 5.49. The van der Waals surface area contributed by atoms with Crippen LogP contribution in [0.1, 0.15) is 19.3 Å². The Morgan fingerprint density at radius 3 is 2.40 bits per heavy atom. The van der Waals surface area contributed by atoms with Gasteiger partial charge in [-0.3, -0.25) is 0 Å². The van der Waals surface area contributed by atoms with Gasteiger partial charge in [-0.15, -0.1) is 0 Å². The van der Waals surface area contributed by atoms with E-state index in [0.717, 1.165) is 0 Å². The SMILES string of the molecule is CN(CN)N1CCCCC1. The van der Waals surface area contributed by atoms with Crippen molar-refractivity contribution in [3.8, 4) is 0 Å². The standard InChI is InChI=1S/C7H17N3/c1-9(7-8)10-5-3-2-4-6-10/h2-8H2,1H3. The molecule has 0 aromatic carbocycles. The van der Waals surface area contributed by atoms with Gasteiger partial charge in [0.2, 0.25) is 0 Å². The first kappa shape index (κ1) is 7.98. The summed E-state index contributed by atoms with van der Waals surface area (Å²) in [5.74, 6) is 0. The number of hydrogen-bond donors (Lipinski definition) is 1. The smallest absolute Gasteiger partial charge is 0.0595 e. The first-order chi connectivity index (χ1) is 4.84. The van der Waals surface area contributed by atoms with Crippen LogP contribution in [0.3, 0.4) is 0 Å².